The molecule has 1 aliphatic heterocycles. The molecule has 3 aromatic rings. The fraction of sp³-hybridized carbons (Fsp3) is 0.346. The van der Waals surface area contributed by atoms with Crippen LogP contribution >= 0.6 is 0 Å². The molecular weight excluding hydrogens is 498 g/mol. The van der Waals surface area contributed by atoms with Crippen LogP contribution in [0.15, 0.2) is 48.5 Å². The van der Waals surface area contributed by atoms with E-state index < -0.39 is 23.5 Å². The summed E-state index contributed by atoms with van der Waals surface area (Å²) in [6, 6.07) is 8.81. The third-order valence-electron chi connectivity index (χ3n) is 6.34. The third kappa shape index (κ3) is 5.70. The maximum atomic E-state index is 12.9. The Morgan fingerprint density at radius 3 is 1.81 bits per heavy atom. The van der Waals surface area contributed by atoms with Gasteiger partial charge in [-0.25, -0.2) is 9.97 Å². The molecule has 0 N–H and O–H groups in total. The summed E-state index contributed by atoms with van der Waals surface area (Å²) < 4.78 is 77.3. The third-order valence-corrected chi connectivity index (χ3v) is 6.34. The molecule has 1 fully saturated rings. The molecule has 2 heterocycles. The highest BCUT2D eigenvalue weighted by Gasteiger charge is 2.32. The first-order chi connectivity index (χ1) is 17.4. The van der Waals surface area contributed by atoms with Crippen molar-refractivity contribution in [1.82, 2.24) is 14.9 Å². The first-order valence-electron chi connectivity index (χ1n) is 11.6. The van der Waals surface area contributed by atoms with Gasteiger partial charge in [0.2, 0.25) is 0 Å². The van der Waals surface area contributed by atoms with Crippen molar-refractivity contribution in [2.75, 3.05) is 31.1 Å². The predicted molar refractivity (Wildman–Crippen MR) is 126 cm³/mol. The lowest BCUT2D eigenvalue weighted by Gasteiger charge is -2.36. The number of piperazine rings is 1. The molecule has 0 spiro atoms. The lowest BCUT2D eigenvalue weighted by molar-refractivity contribution is -0.138. The number of anilines is 1. The van der Waals surface area contributed by atoms with E-state index in [9.17, 15) is 31.1 Å². The van der Waals surface area contributed by atoms with E-state index >= 15 is 0 Å². The summed E-state index contributed by atoms with van der Waals surface area (Å²) in [5.74, 6) is 0.613. The standard InChI is InChI=1S/C26H24F6N4O/c1-3-21-16(2)33-22(17-4-8-19(9-5-17)25(27,28)29)34-23(21)35-12-14-36(15-13-35)24(37)18-6-10-20(11-7-18)26(30,31)32/h4-11H,3,12-15H2,1-2H3. The van der Waals surface area contributed by atoms with Gasteiger partial charge in [-0.05, 0) is 49.7 Å². The van der Waals surface area contributed by atoms with Gasteiger partial charge in [0.05, 0.1) is 11.1 Å². The smallest absolute Gasteiger partial charge is 0.353 e. The second-order valence-corrected chi connectivity index (χ2v) is 8.72. The summed E-state index contributed by atoms with van der Waals surface area (Å²) in [4.78, 5) is 25.6. The van der Waals surface area contributed by atoms with Gasteiger partial charge in [-0.15, -0.1) is 0 Å². The van der Waals surface area contributed by atoms with Gasteiger partial charge in [0.15, 0.2) is 5.82 Å². The molecule has 0 bridgehead atoms. The number of alkyl halides is 6. The van der Waals surface area contributed by atoms with Gasteiger partial charge in [-0.1, -0.05) is 19.1 Å². The normalized spacial score (nSPS) is 14.7. The molecule has 1 aliphatic rings. The maximum absolute atomic E-state index is 12.9. The van der Waals surface area contributed by atoms with Crippen molar-refractivity contribution in [1.29, 1.82) is 0 Å². The van der Waals surface area contributed by atoms with Crippen molar-refractivity contribution in [3.8, 4) is 11.4 Å². The molecule has 0 unspecified atom stereocenters. The maximum Gasteiger partial charge on any atom is 0.416 e. The summed E-state index contributed by atoms with van der Waals surface area (Å²) in [5.41, 5.74) is 0.675. The zero-order valence-electron chi connectivity index (χ0n) is 20.1. The molecule has 2 aromatic carbocycles. The van der Waals surface area contributed by atoms with E-state index in [1.807, 2.05) is 18.7 Å². The van der Waals surface area contributed by atoms with E-state index in [2.05, 4.69) is 9.97 Å². The number of halogens is 6. The van der Waals surface area contributed by atoms with Crippen molar-refractivity contribution in [2.24, 2.45) is 0 Å². The van der Waals surface area contributed by atoms with Crippen molar-refractivity contribution >= 4 is 11.7 Å². The zero-order valence-corrected chi connectivity index (χ0v) is 20.1. The molecule has 11 heteroatoms. The van der Waals surface area contributed by atoms with Gasteiger partial charge in [-0.3, -0.25) is 4.79 Å². The molecule has 1 aromatic heterocycles. The van der Waals surface area contributed by atoms with Crippen LogP contribution in [0.1, 0.15) is 39.7 Å². The summed E-state index contributed by atoms with van der Waals surface area (Å²) in [6.07, 6.45) is -8.28. The van der Waals surface area contributed by atoms with Crippen LogP contribution in [0.25, 0.3) is 11.4 Å². The van der Waals surface area contributed by atoms with Crippen LogP contribution in [0.2, 0.25) is 0 Å². The molecule has 196 valence electrons. The Bertz CT molecular complexity index is 1260. The number of carbonyl (C=O) groups is 1. The molecule has 37 heavy (non-hydrogen) atoms. The Balaban J connectivity index is 1.52. The Hall–Kier alpha value is -3.63. The van der Waals surface area contributed by atoms with Gasteiger partial charge in [0.25, 0.3) is 5.91 Å². The van der Waals surface area contributed by atoms with Crippen LogP contribution in [-0.2, 0) is 18.8 Å². The molecule has 0 atom stereocenters. The largest absolute Gasteiger partial charge is 0.416 e. The highest BCUT2D eigenvalue weighted by Crippen LogP contribution is 2.32. The van der Waals surface area contributed by atoms with Crippen LogP contribution < -0.4 is 4.90 Å². The minimum absolute atomic E-state index is 0.179. The van der Waals surface area contributed by atoms with Gasteiger partial charge in [-0.2, -0.15) is 26.3 Å². The Morgan fingerprint density at radius 2 is 1.32 bits per heavy atom. The highest BCUT2D eigenvalue weighted by atomic mass is 19.4. The molecule has 1 saturated heterocycles. The first kappa shape index (κ1) is 26.4. The number of amides is 1. The Labute approximate surface area is 209 Å². The van der Waals surface area contributed by atoms with Crippen LogP contribution in [0, 0.1) is 6.92 Å². The predicted octanol–water partition coefficient (Wildman–Crippen LogP) is 6.01. The fourth-order valence-corrected chi connectivity index (χ4v) is 4.30. The van der Waals surface area contributed by atoms with Crippen LogP contribution in [0.4, 0.5) is 32.2 Å². The van der Waals surface area contributed by atoms with E-state index in [0.717, 1.165) is 29.8 Å². The minimum atomic E-state index is -4.47. The monoisotopic (exact) mass is 522 g/mol. The summed E-state index contributed by atoms with van der Waals surface area (Å²) in [5, 5.41) is 0. The van der Waals surface area contributed by atoms with Gasteiger partial charge in [0.1, 0.15) is 5.82 Å². The molecular formula is C26H24F6N4O. The van der Waals surface area contributed by atoms with Gasteiger partial charge in [0, 0.05) is 48.6 Å². The lowest BCUT2D eigenvalue weighted by Crippen LogP contribution is -2.49. The number of hydrogen-bond acceptors (Lipinski definition) is 4. The topological polar surface area (TPSA) is 49.3 Å². The van der Waals surface area contributed by atoms with E-state index in [-0.39, 0.29) is 11.5 Å². The number of hydrogen-bond donors (Lipinski definition) is 0. The Kier molecular flexibility index (Phi) is 7.16. The van der Waals surface area contributed by atoms with Crippen LogP contribution in [-0.4, -0.2) is 47.0 Å². The van der Waals surface area contributed by atoms with Crippen molar-refractivity contribution in [3.05, 3.63) is 76.5 Å². The van der Waals surface area contributed by atoms with Crippen molar-refractivity contribution in [3.63, 3.8) is 0 Å². The van der Waals surface area contributed by atoms with E-state index in [1.165, 1.54) is 24.3 Å². The number of benzene rings is 2. The zero-order chi connectivity index (χ0) is 27.0. The van der Waals surface area contributed by atoms with Crippen molar-refractivity contribution < 1.29 is 31.1 Å². The van der Waals surface area contributed by atoms with E-state index in [4.69, 9.17) is 0 Å². The lowest BCUT2D eigenvalue weighted by atomic mass is 10.1. The number of rotatable bonds is 4. The number of aryl methyl sites for hydroxylation is 1. The first-order valence-corrected chi connectivity index (χ1v) is 11.6. The van der Waals surface area contributed by atoms with E-state index in [0.29, 0.717) is 55.5 Å². The minimum Gasteiger partial charge on any atom is -0.353 e. The summed E-state index contributed by atoms with van der Waals surface area (Å²) in [6.45, 7) is 5.31. The molecule has 0 saturated carbocycles. The van der Waals surface area contributed by atoms with Crippen LogP contribution in [0.5, 0.6) is 0 Å². The average molecular weight is 522 g/mol. The Morgan fingerprint density at radius 1 is 0.811 bits per heavy atom. The molecule has 4 rings (SSSR count). The second-order valence-electron chi connectivity index (χ2n) is 8.72. The quantitative estimate of drug-likeness (QED) is 0.394. The number of nitrogens with zero attached hydrogens (tertiary/aromatic N) is 4. The molecule has 0 aliphatic carbocycles. The number of aromatic nitrogens is 2. The molecule has 1 amide bonds. The van der Waals surface area contributed by atoms with Gasteiger partial charge >= 0.3 is 12.4 Å². The summed E-state index contributed by atoms with van der Waals surface area (Å²) in [7, 11) is 0. The average Bonchev–Trinajstić information content (AvgIpc) is 2.87. The second kappa shape index (κ2) is 10.0. The molecule has 0 radical (unpaired) electrons. The van der Waals surface area contributed by atoms with Gasteiger partial charge < -0.3 is 9.80 Å². The SMILES string of the molecule is CCc1c(C)nc(-c2ccc(C(F)(F)F)cc2)nc1N1CCN(C(=O)c2ccc(C(F)(F)F)cc2)CC1. The highest BCUT2D eigenvalue weighted by molar-refractivity contribution is 5.94. The fourth-order valence-electron chi connectivity index (χ4n) is 4.30. The van der Waals surface area contributed by atoms with Crippen molar-refractivity contribution in [2.45, 2.75) is 32.6 Å². The summed E-state index contributed by atoms with van der Waals surface area (Å²) >= 11 is 0. The van der Waals surface area contributed by atoms with E-state index in [1.54, 1.807) is 4.90 Å². The number of carbonyl (C=O) groups excluding carboxylic acids is 1. The van der Waals surface area contributed by atoms with Crippen LogP contribution in [0.3, 0.4) is 0 Å². The molecule has 5 nitrogen and oxygen atoms in total.